The largest absolute Gasteiger partial charge is 0.391 e. The molecule has 29 heavy (non-hydrogen) atoms. The molecule has 4 N–H and O–H groups in total. The number of nitrogens with one attached hydrogen (secondary N) is 1. The highest BCUT2D eigenvalue weighted by Crippen LogP contribution is 2.66. The normalized spacial score (nSPS) is 45.4. The van der Waals surface area contributed by atoms with Crippen molar-refractivity contribution >= 4 is 28.2 Å². The Morgan fingerprint density at radius 2 is 2.00 bits per heavy atom. The lowest BCUT2D eigenvalue weighted by molar-refractivity contribution is -0.212. The molecule has 0 aliphatic heterocycles. The van der Waals surface area contributed by atoms with E-state index in [0.717, 1.165) is 10.6 Å². The van der Waals surface area contributed by atoms with Crippen LogP contribution in [0.25, 0.3) is 0 Å². The molecule has 0 saturated heterocycles. The second-order valence-electron chi connectivity index (χ2n) is 9.25. The minimum Gasteiger partial charge on any atom is -0.391 e. The number of fused-ring (bicyclic) bond motifs is 5. The Bertz CT molecular complexity index is 928. The molecule has 4 aliphatic carbocycles. The van der Waals surface area contributed by atoms with Crippen molar-refractivity contribution < 1.29 is 24.9 Å². The molecule has 156 valence electrons. The van der Waals surface area contributed by atoms with E-state index in [0.29, 0.717) is 30.0 Å². The molecule has 1 spiro atoms. The number of aliphatic hydroxyl groups is 3. The zero-order chi connectivity index (χ0) is 20.8. The fourth-order valence-electron chi connectivity index (χ4n) is 6.87. The zero-order valence-electron chi connectivity index (χ0n) is 16.5. The third kappa shape index (κ3) is 2.26. The molecule has 0 aromatic carbocycles. The molecule has 3 fully saturated rings. The summed E-state index contributed by atoms with van der Waals surface area (Å²) in [5, 5.41) is 36.7. The first-order chi connectivity index (χ1) is 13.7. The molecule has 1 amide bonds. The standard InChI is InChI=1S/C21H26N2O5S/c1-7-6-12-15(23-20(29-12)22-9(3)24)14-11-5-4-10-8(2)17(26)21(11,18(10)27)19(28)16(25)13(7)14/h7,10-11,13-14,16,18-19,25,27-28H,2,4-6H2,1,3H3,(H,22,23,24)/t7?,10?,11?,13?,14?,16?,18?,19?,21-/m0/s1. The van der Waals surface area contributed by atoms with Crippen LogP contribution < -0.4 is 5.32 Å². The first kappa shape index (κ1) is 19.4. The van der Waals surface area contributed by atoms with Gasteiger partial charge >= 0.3 is 0 Å². The topological polar surface area (TPSA) is 120 Å². The van der Waals surface area contributed by atoms with Gasteiger partial charge in [0.25, 0.3) is 0 Å². The number of anilines is 1. The maximum absolute atomic E-state index is 13.3. The number of hydrogen-bond donors (Lipinski definition) is 4. The van der Waals surface area contributed by atoms with Gasteiger partial charge in [0.15, 0.2) is 10.9 Å². The Labute approximate surface area is 172 Å². The van der Waals surface area contributed by atoms with E-state index < -0.39 is 23.7 Å². The van der Waals surface area contributed by atoms with E-state index in [-0.39, 0.29) is 41.3 Å². The van der Waals surface area contributed by atoms with Crippen molar-refractivity contribution in [1.29, 1.82) is 0 Å². The van der Waals surface area contributed by atoms with Gasteiger partial charge in [0.1, 0.15) is 0 Å². The highest BCUT2D eigenvalue weighted by atomic mass is 32.1. The van der Waals surface area contributed by atoms with Crippen molar-refractivity contribution in [2.75, 3.05) is 5.32 Å². The van der Waals surface area contributed by atoms with Gasteiger partial charge in [-0.15, -0.1) is 11.3 Å². The van der Waals surface area contributed by atoms with Gasteiger partial charge in [-0.05, 0) is 42.6 Å². The summed E-state index contributed by atoms with van der Waals surface area (Å²) < 4.78 is 0. The number of rotatable bonds is 1. The SMILES string of the molecule is C=C1C(=O)[C@]23C(O)C1CCC2C1c2nc(NC(C)=O)sc2CC(C)C1C(O)C3O. The number of aliphatic hydroxyl groups excluding tert-OH is 3. The fourth-order valence-corrected chi connectivity index (χ4v) is 8.07. The van der Waals surface area contributed by atoms with E-state index in [9.17, 15) is 24.9 Å². The van der Waals surface area contributed by atoms with E-state index in [1.807, 2.05) is 6.92 Å². The molecule has 1 heterocycles. The summed E-state index contributed by atoms with van der Waals surface area (Å²) in [5.41, 5.74) is -0.258. The van der Waals surface area contributed by atoms with Gasteiger partial charge in [0.05, 0.1) is 29.4 Å². The molecule has 2 bridgehead atoms. The van der Waals surface area contributed by atoms with Crippen molar-refractivity contribution in [2.45, 2.75) is 57.3 Å². The molecule has 3 saturated carbocycles. The number of ketones is 1. The number of Topliss-reactive ketones (excluding diaryl/α,β-unsaturated/α-hetero) is 1. The summed E-state index contributed by atoms with van der Waals surface area (Å²) in [6.07, 6.45) is -1.50. The lowest BCUT2D eigenvalue weighted by atomic mass is 9.47. The van der Waals surface area contributed by atoms with Crippen LogP contribution in [0.4, 0.5) is 5.13 Å². The Balaban J connectivity index is 1.68. The second kappa shape index (κ2) is 6.20. The number of amides is 1. The van der Waals surface area contributed by atoms with Crippen molar-refractivity contribution in [3.8, 4) is 0 Å². The first-order valence-electron chi connectivity index (χ1n) is 10.2. The predicted octanol–water partition coefficient (Wildman–Crippen LogP) is 1.24. The van der Waals surface area contributed by atoms with Crippen LogP contribution in [0.1, 0.15) is 43.2 Å². The van der Waals surface area contributed by atoms with E-state index in [2.05, 4.69) is 16.9 Å². The van der Waals surface area contributed by atoms with Gasteiger partial charge in [-0.2, -0.15) is 0 Å². The van der Waals surface area contributed by atoms with Gasteiger partial charge in [0.2, 0.25) is 5.91 Å². The van der Waals surface area contributed by atoms with Crippen molar-refractivity contribution in [3.05, 3.63) is 22.7 Å². The average molecular weight is 419 g/mol. The summed E-state index contributed by atoms with van der Waals surface area (Å²) in [6.45, 7) is 7.39. The van der Waals surface area contributed by atoms with Crippen LogP contribution in [0.5, 0.6) is 0 Å². The van der Waals surface area contributed by atoms with Crippen LogP contribution in [-0.4, -0.2) is 50.3 Å². The minimum atomic E-state index is -1.42. The maximum Gasteiger partial charge on any atom is 0.223 e. The lowest BCUT2D eigenvalue weighted by Gasteiger charge is -2.58. The van der Waals surface area contributed by atoms with E-state index in [4.69, 9.17) is 0 Å². The fraction of sp³-hybridized carbons (Fsp3) is 0.667. The molecular formula is C21H26N2O5S. The van der Waals surface area contributed by atoms with Crippen LogP contribution in [-0.2, 0) is 16.0 Å². The van der Waals surface area contributed by atoms with Crippen LogP contribution in [0.15, 0.2) is 12.2 Å². The Morgan fingerprint density at radius 3 is 2.69 bits per heavy atom. The van der Waals surface area contributed by atoms with E-state index in [1.54, 1.807) is 0 Å². The number of aromatic nitrogens is 1. The highest BCUT2D eigenvalue weighted by molar-refractivity contribution is 7.15. The van der Waals surface area contributed by atoms with Crippen molar-refractivity contribution in [2.24, 2.45) is 29.1 Å². The summed E-state index contributed by atoms with van der Waals surface area (Å²) in [4.78, 5) is 30.6. The Morgan fingerprint density at radius 1 is 1.28 bits per heavy atom. The smallest absolute Gasteiger partial charge is 0.223 e. The monoisotopic (exact) mass is 418 g/mol. The third-order valence-electron chi connectivity index (χ3n) is 7.95. The lowest BCUT2D eigenvalue weighted by Crippen LogP contribution is -2.67. The van der Waals surface area contributed by atoms with Crippen LogP contribution in [0, 0.1) is 29.1 Å². The van der Waals surface area contributed by atoms with Gasteiger partial charge in [-0.1, -0.05) is 13.5 Å². The van der Waals surface area contributed by atoms with Crippen LogP contribution >= 0.6 is 11.3 Å². The van der Waals surface area contributed by atoms with Gasteiger partial charge < -0.3 is 20.6 Å². The molecule has 5 rings (SSSR count). The molecule has 7 nitrogen and oxygen atoms in total. The summed E-state index contributed by atoms with van der Waals surface area (Å²) >= 11 is 1.43. The maximum atomic E-state index is 13.3. The number of carbonyl (C=O) groups is 2. The van der Waals surface area contributed by atoms with Gasteiger partial charge in [-0.25, -0.2) is 4.98 Å². The van der Waals surface area contributed by atoms with Gasteiger partial charge in [0, 0.05) is 23.6 Å². The molecule has 0 radical (unpaired) electrons. The van der Waals surface area contributed by atoms with Crippen molar-refractivity contribution in [3.63, 3.8) is 0 Å². The molecule has 8 unspecified atom stereocenters. The molecule has 8 heteroatoms. The summed E-state index contributed by atoms with van der Waals surface area (Å²) in [5.74, 6) is -1.62. The van der Waals surface area contributed by atoms with Crippen LogP contribution in [0.2, 0.25) is 0 Å². The zero-order valence-corrected chi connectivity index (χ0v) is 17.3. The predicted molar refractivity (Wildman–Crippen MR) is 106 cm³/mol. The quantitative estimate of drug-likeness (QED) is 0.510. The number of hydrogen-bond acceptors (Lipinski definition) is 7. The number of thiazole rings is 1. The molecular weight excluding hydrogens is 392 g/mol. The summed E-state index contributed by atoms with van der Waals surface area (Å²) in [6, 6.07) is 0. The molecule has 1 aromatic heterocycles. The van der Waals surface area contributed by atoms with E-state index in [1.165, 1.54) is 18.3 Å². The molecule has 1 aromatic rings. The van der Waals surface area contributed by atoms with Crippen molar-refractivity contribution in [1.82, 2.24) is 4.98 Å². The highest BCUT2D eigenvalue weighted by Gasteiger charge is 2.73. The Hall–Kier alpha value is -1.61. The van der Waals surface area contributed by atoms with Crippen LogP contribution in [0.3, 0.4) is 0 Å². The van der Waals surface area contributed by atoms with E-state index >= 15 is 0 Å². The van der Waals surface area contributed by atoms with Gasteiger partial charge in [-0.3, -0.25) is 9.59 Å². The minimum absolute atomic E-state index is 0.0784. The Kier molecular flexibility index (Phi) is 4.14. The number of nitrogens with zero attached hydrogens (tertiary/aromatic N) is 1. The third-order valence-corrected chi connectivity index (χ3v) is 8.96. The summed E-state index contributed by atoms with van der Waals surface area (Å²) in [7, 11) is 0. The molecule has 9 atom stereocenters. The first-order valence-corrected chi connectivity index (χ1v) is 11.1. The second-order valence-corrected chi connectivity index (χ2v) is 10.3. The average Bonchev–Trinajstić information content (AvgIpc) is 3.08. The molecule has 4 aliphatic rings. The number of carbonyl (C=O) groups excluding carboxylic acids is 2.